The molecular weight excluding hydrogens is 369 g/mol. The van der Waals surface area contributed by atoms with Crippen LogP contribution in [0.1, 0.15) is 28.3 Å². The van der Waals surface area contributed by atoms with E-state index in [0.29, 0.717) is 0 Å². The summed E-state index contributed by atoms with van der Waals surface area (Å²) in [6.07, 6.45) is 0.838. The molecule has 0 saturated heterocycles. The molecule has 2 aromatic rings. The van der Waals surface area contributed by atoms with Crippen molar-refractivity contribution in [1.82, 2.24) is 0 Å². The van der Waals surface area contributed by atoms with Gasteiger partial charge in [0.05, 0.1) is 5.02 Å². The van der Waals surface area contributed by atoms with Crippen LogP contribution in [0.2, 0.25) is 5.02 Å². The predicted octanol–water partition coefficient (Wildman–Crippen LogP) is 4.80. The summed E-state index contributed by atoms with van der Waals surface area (Å²) in [6.45, 7) is 4.23. The van der Waals surface area contributed by atoms with Gasteiger partial charge in [-0.3, -0.25) is 0 Å². The quantitative estimate of drug-likeness (QED) is 0.754. The third-order valence-corrected chi connectivity index (χ3v) is 4.89. The van der Waals surface area contributed by atoms with Gasteiger partial charge >= 0.3 is 0 Å². The number of aryl methyl sites for hydroxylation is 2. The maximum atomic E-state index is 6.30. The van der Waals surface area contributed by atoms with Gasteiger partial charge in [-0.1, -0.05) is 41.4 Å². The standard InChI is InChI=1S/C16H17ClIN/c1-10-3-4-11(2)13(7-10)9-16(19)12-5-6-15(18)14(17)8-12/h3-8,16H,9,19H2,1-2H3. The molecule has 2 N–H and O–H groups in total. The van der Waals surface area contributed by atoms with E-state index in [1.54, 1.807) is 0 Å². The van der Waals surface area contributed by atoms with Crippen LogP contribution >= 0.6 is 34.2 Å². The number of benzene rings is 2. The molecule has 0 aliphatic carbocycles. The Bertz CT molecular complexity index is 595. The minimum absolute atomic E-state index is 0.0185. The second kappa shape index (κ2) is 6.25. The zero-order chi connectivity index (χ0) is 14.0. The maximum Gasteiger partial charge on any atom is 0.0542 e. The molecule has 19 heavy (non-hydrogen) atoms. The third-order valence-electron chi connectivity index (χ3n) is 3.32. The van der Waals surface area contributed by atoms with Crippen molar-refractivity contribution < 1.29 is 0 Å². The number of nitrogens with two attached hydrogens (primary N) is 1. The second-order valence-corrected chi connectivity index (χ2v) is 6.48. The van der Waals surface area contributed by atoms with E-state index in [9.17, 15) is 0 Å². The summed E-state index contributed by atoms with van der Waals surface area (Å²) in [5.41, 5.74) is 11.3. The average molecular weight is 386 g/mol. The van der Waals surface area contributed by atoms with E-state index >= 15 is 0 Å². The van der Waals surface area contributed by atoms with Crippen LogP contribution in [0.5, 0.6) is 0 Å². The van der Waals surface area contributed by atoms with Crippen LogP contribution in [0.15, 0.2) is 36.4 Å². The first-order chi connectivity index (χ1) is 8.97. The molecule has 2 aromatic carbocycles. The summed E-state index contributed by atoms with van der Waals surface area (Å²) >= 11 is 8.38. The Morgan fingerprint density at radius 2 is 1.89 bits per heavy atom. The van der Waals surface area contributed by atoms with E-state index in [2.05, 4.69) is 60.7 Å². The summed E-state index contributed by atoms with van der Waals surface area (Å²) in [6, 6.07) is 12.5. The molecule has 3 heteroatoms. The Hall–Kier alpha value is -0.580. The lowest BCUT2D eigenvalue weighted by molar-refractivity contribution is 0.718. The molecule has 0 radical (unpaired) electrons. The summed E-state index contributed by atoms with van der Waals surface area (Å²) < 4.78 is 1.06. The molecule has 1 unspecified atom stereocenters. The van der Waals surface area contributed by atoms with Crippen molar-refractivity contribution in [3.05, 3.63) is 67.2 Å². The van der Waals surface area contributed by atoms with Crippen LogP contribution in [-0.2, 0) is 6.42 Å². The number of hydrogen-bond acceptors (Lipinski definition) is 1. The Morgan fingerprint density at radius 3 is 2.58 bits per heavy atom. The summed E-state index contributed by atoms with van der Waals surface area (Å²) in [7, 11) is 0. The molecule has 0 heterocycles. The van der Waals surface area contributed by atoms with Gasteiger partial charge in [0.25, 0.3) is 0 Å². The van der Waals surface area contributed by atoms with Gasteiger partial charge < -0.3 is 5.73 Å². The van der Waals surface area contributed by atoms with Gasteiger partial charge in [-0.2, -0.15) is 0 Å². The van der Waals surface area contributed by atoms with E-state index in [0.717, 1.165) is 20.6 Å². The molecule has 100 valence electrons. The highest BCUT2D eigenvalue weighted by Gasteiger charge is 2.10. The summed E-state index contributed by atoms with van der Waals surface area (Å²) in [4.78, 5) is 0. The molecule has 2 rings (SSSR count). The van der Waals surface area contributed by atoms with Crippen molar-refractivity contribution in [3.8, 4) is 0 Å². The first-order valence-electron chi connectivity index (χ1n) is 6.24. The van der Waals surface area contributed by atoms with Crippen LogP contribution in [0.25, 0.3) is 0 Å². The van der Waals surface area contributed by atoms with Crippen LogP contribution < -0.4 is 5.73 Å². The predicted molar refractivity (Wildman–Crippen MR) is 90.7 cm³/mol. The minimum Gasteiger partial charge on any atom is -0.324 e. The van der Waals surface area contributed by atoms with E-state index in [4.69, 9.17) is 17.3 Å². The molecule has 1 atom stereocenters. The van der Waals surface area contributed by atoms with Crippen molar-refractivity contribution in [2.24, 2.45) is 5.73 Å². The zero-order valence-corrected chi connectivity index (χ0v) is 14.0. The van der Waals surface area contributed by atoms with Gasteiger partial charge in [0.2, 0.25) is 0 Å². The topological polar surface area (TPSA) is 26.0 Å². The molecular formula is C16H17ClIN. The lowest BCUT2D eigenvalue weighted by Gasteiger charge is -2.15. The number of hydrogen-bond donors (Lipinski definition) is 1. The largest absolute Gasteiger partial charge is 0.324 e. The molecule has 0 spiro atoms. The van der Waals surface area contributed by atoms with Crippen LogP contribution in [0.3, 0.4) is 0 Å². The lowest BCUT2D eigenvalue weighted by Crippen LogP contribution is -2.14. The van der Waals surface area contributed by atoms with E-state index in [-0.39, 0.29) is 6.04 Å². The summed E-state index contributed by atoms with van der Waals surface area (Å²) in [5.74, 6) is 0. The first-order valence-corrected chi connectivity index (χ1v) is 7.69. The molecule has 0 aliphatic rings. The molecule has 0 aliphatic heterocycles. The molecule has 1 nitrogen and oxygen atoms in total. The van der Waals surface area contributed by atoms with Crippen LogP contribution in [0.4, 0.5) is 0 Å². The van der Waals surface area contributed by atoms with Gasteiger partial charge in [-0.15, -0.1) is 0 Å². The van der Waals surface area contributed by atoms with E-state index < -0.39 is 0 Å². The van der Waals surface area contributed by atoms with E-state index in [1.165, 1.54) is 16.7 Å². The number of rotatable bonds is 3. The Kier molecular flexibility index (Phi) is 4.87. The highest BCUT2D eigenvalue weighted by atomic mass is 127. The van der Waals surface area contributed by atoms with E-state index in [1.807, 2.05) is 12.1 Å². The molecule has 0 aromatic heterocycles. The highest BCUT2D eigenvalue weighted by Crippen LogP contribution is 2.25. The SMILES string of the molecule is Cc1ccc(C)c(CC(N)c2ccc(I)c(Cl)c2)c1. The summed E-state index contributed by atoms with van der Waals surface area (Å²) in [5, 5.41) is 0.773. The normalized spacial score (nSPS) is 12.5. The van der Waals surface area contributed by atoms with Crippen LogP contribution in [0, 0.1) is 17.4 Å². The second-order valence-electron chi connectivity index (χ2n) is 4.91. The van der Waals surface area contributed by atoms with Gasteiger partial charge in [-0.05, 0) is 71.7 Å². The molecule has 0 fully saturated rings. The van der Waals surface area contributed by atoms with Crippen LogP contribution in [-0.4, -0.2) is 0 Å². The minimum atomic E-state index is -0.0185. The van der Waals surface area contributed by atoms with Crippen molar-refractivity contribution in [2.75, 3.05) is 0 Å². The Labute approximate surface area is 133 Å². The molecule has 0 saturated carbocycles. The maximum absolute atomic E-state index is 6.30. The van der Waals surface area contributed by atoms with Gasteiger partial charge in [-0.25, -0.2) is 0 Å². The monoisotopic (exact) mass is 385 g/mol. The first kappa shape index (κ1) is 14.8. The fourth-order valence-corrected chi connectivity index (χ4v) is 2.64. The van der Waals surface area contributed by atoms with Gasteiger partial charge in [0, 0.05) is 9.61 Å². The van der Waals surface area contributed by atoms with Gasteiger partial charge in [0.15, 0.2) is 0 Å². The highest BCUT2D eigenvalue weighted by molar-refractivity contribution is 14.1. The smallest absolute Gasteiger partial charge is 0.0542 e. The fourth-order valence-electron chi connectivity index (χ4n) is 2.12. The van der Waals surface area contributed by atoms with Crippen molar-refractivity contribution in [1.29, 1.82) is 0 Å². The third kappa shape index (κ3) is 3.71. The molecule has 0 amide bonds. The van der Waals surface area contributed by atoms with Gasteiger partial charge in [0.1, 0.15) is 0 Å². The Balaban J connectivity index is 2.22. The molecule has 0 bridgehead atoms. The van der Waals surface area contributed by atoms with Crippen molar-refractivity contribution >= 4 is 34.2 Å². The van der Waals surface area contributed by atoms with Crippen molar-refractivity contribution in [2.45, 2.75) is 26.3 Å². The van der Waals surface area contributed by atoms with Crippen molar-refractivity contribution in [3.63, 3.8) is 0 Å². The lowest BCUT2D eigenvalue weighted by atomic mass is 9.95. The number of halogens is 2. The zero-order valence-electron chi connectivity index (χ0n) is 11.1. The Morgan fingerprint density at radius 1 is 1.16 bits per heavy atom. The fraction of sp³-hybridized carbons (Fsp3) is 0.250. The average Bonchev–Trinajstić information content (AvgIpc) is 2.37.